The molecule has 1 atom stereocenters. The molecule has 0 aromatic heterocycles. The summed E-state index contributed by atoms with van der Waals surface area (Å²) in [4.78, 5) is 2.05. The summed E-state index contributed by atoms with van der Waals surface area (Å²) in [7, 11) is -3.08. The van der Waals surface area contributed by atoms with Gasteiger partial charge >= 0.3 is 0 Å². The van der Waals surface area contributed by atoms with Gasteiger partial charge in [0.15, 0.2) is 9.84 Å². The van der Waals surface area contributed by atoms with Gasteiger partial charge in [-0.1, -0.05) is 24.0 Å². The first-order valence-electron chi connectivity index (χ1n) is 4.96. The van der Waals surface area contributed by atoms with Gasteiger partial charge in [-0.05, 0) is 35.9 Å². The number of hydrogen-bond donors (Lipinski definition) is 0. The molecule has 0 radical (unpaired) electrons. The van der Waals surface area contributed by atoms with Gasteiger partial charge in [-0.2, -0.15) is 0 Å². The van der Waals surface area contributed by atoms with Crippen molar-refractivity contribution < 1.29 is 8.42 Å². The standard InChI is InChI=1S/C9H14BrNO2S3/c1-3-11(4-2)9(14)15-7-5-8(10)16(12,13)6-7/h5,7H,3-4,6H2,1-2H3/t7-/m0/s1. The molecule has 0 bridgehead atoms. The molecule has 0 N–H and O–H groups in total. The topological polar surface area (TPSA) is 37.4 Å². The van der Waals surface area contributed by atoms with Crippen molar-refractivity contribution in [1.29, 1.82) is 0 Å². The number of thioether (sulfide) groups is 1. The van der Waals surface area contributed by atoms with E-state index in [1.165, 1.54) is 11.8 Å². The molecule has 0 aromatic rings. The zero-order valence-electron chi connectivity index (χ0n) is 9.14. The van der Waals surface area contributed by atoms with E-state index in [0.29, 0.717) is 3.81 Å². The van der Waals surface area contributed by atoms with Crippen LogP contribution in [0.25, 0.3) is 0 Å². The summed E-state index contributed by atoms with van der Waals surface area (Å²) in [5.41, 5.74) is 0. The Hall–Kier alpha value is 0.410. The monoisotopic (exact) mass is 343 g/mol. The van der Waals surface area contributed by atoms with Crippen LogP contribution in [0.4, 0.5) is 0 Å². The number of thiocarbonyl (C=S) groups is 1. The van der Waals surface area contributed by atoms with E-state index >= 15 is 0 Å². The average Bonchev–Trinajstić information content (AvgIpc) is 2.42. The third kappa shape index (κ3) is 3.45. The summed E-state index contributed by atoms with van der Waals surface area (Å²) in [6, 6.07) is 0. The largest absolute Gasteiger partial charge is 0.358 e. The normalized spacial score (nSPS) is 22.9. The molecule has 1 heterocycles. The van der Waals surface area contributed by atoms with Crippen LogP contribution >= 0.6 is 39.9 Å². The number of hydrogen-bond acceptors (Lipinski definition) is 4. The van der Waals surface area contributed by atoms with Gasteiger partial charge in [-0.25, -0.2) is 8.42 Å². The highest BCUT2D eigenvalue weighted by atomic mass is 79.9. The Morgan fingerprint density at radius 3 is 2.56 bits per heavy atom. The molecule has 0 saturated heterocycles. The second-order valence-corrected chi connectivity index (χ2v) is 8.60. The third-order valence-electron chi connectivity index (χ3n) is 2.27. The van der Waals surface area contributed by atoms with Gasteiger partial charge in [0.2, 0.25) is 0 Å². The summed E-state index contributed by atoms with van der Waals surface area (Å²) >= 11 is 9.78. The predicted molar refractivity (Wildman–Crippen MR) is 77.7 cm³/mol. The molecule has 0 aromatic carbocycles. The molecule has 1 aliphatic heterocycles. The van der Waals surface area contributed by atoms with Crippen LogP contribution < -0.4 is 0 Å². The van der Waals surface area contributed by atoms with Gasteiger partial charge in [0.25, 0.3) is 0 Å². The second-order valence-electron chi connectivity index (χ2n) is 3.35. The number of sulfone groups is 1. The molecule has 0 fully saturated rings. The molecule has 3 nitrogen and oxygen atoms in total. The van der Waals surface area contributed by atoms with Gasteiger partial charge in [-0.3, -0.25) is 0 Å². The van der Waals surface area contributed by atoms with E-state index < -0.39 is 9.84 Å². The van der Waals surface area contributed by atoms with Crippen molar-refractivity contribution in [2.24, 2.45) is 0 Å². The zero-order chi connectivity index (χ0) is 12.3. The summed E-state index contributed by atoms with van der Waals surface area (Å²) in [6.07, 6.45) is 1.72. The molecule has 0 saturated carbocycles. The Bertz CT molecular complexity index is 401. The van der Waals surface area contributed by atoms with E-state index in [1.807, 2.05) is 18.7 Å². The SMILES string of the molecule is CCN(CC)C(=S)S[C@H]1C=C(Br)S(=O)(=O)C1. The van der Waals surface area contributed by atoms with E-state index in [0.717, 1.165) is 17.4 Å². The Morgan fingerprint density at radius 1 is 1.62 bits per heavy atom. The van der Waals surface area contributed by atoms with Crippen LogP contribution in [0.3, 0.4) is 0 Å². The molecule has 7 heteroatoms. The second kappa shape index (κ2) is 5.84. The minimum atomic E-state index is -3.08. The summed E-state index contributed by atoms with van der Waals surface area (Å²) in [5.74, 6) is 0.139. The number of rotatable bonds is 3. The smallest absolute Gasteiger partial charge is 0.186 e. The molecule has 92 valence electrons. The quantitative estimate of drug-likeness (QED) is 0.735. The van der Waals surface area contributed by atoms with E-state index in [4.69, 9.17) is 12.2 Å². The lowest BCUT2D eigenvalue weighted by molar-refractivity contribution is 0.482. The first-order valence-corrected chi connectivity index (χ1v) is 8.69. The minimum Gasteiger partial charge on any atom is -0.358 e. The van der Waals surface area contributed by atoms with E-state index in [2.05, 4.69) is 15.9 Å². The van der Waals surface area contributed by atoms with Gasteiger partial charge in [0.1, 0.15) is 8.13 Å². The van der Waals surface area contributed by atoms with Gasteiger partial charge in [0.05, 0.1) is 5.75 Å². The van der Waals surface area contributed by atoms with Gasteiger partial charge in [0, 0.05) is 18.3 Å². The van der Waals surface area contributed by atoms with Crippen molar-refractivity contribution in [2.45, 2.75) is 19.1 Å². The van der Waals surface area contributed by atoms with Crippen molar-refractivity contribution in [3.8, 4) is 0 Å². The summed E-state index contributed by atoms with van der Waals surface area (Å²) < 4.78 is 24.0. The lowest BCUT2D eigenvalue weighted by Gasteiger charge is -2.22. The minimum absolute atomic E-state index is 0.0625. The third-order valence-corrected chi connectivity index (χ3v) is 7.37. The number of halogens is 1. The van der Waals surface area contributed by atoms with E-state index in [9.17, 15) is 8.42 Å². The fourth-order valence-corrected chi connectivity index (χ4v) is 5.69. The lowest BCUT2D eigenvalue weighted by atomic mass is 10.5. The molecular formula is C9H14BrNO2S3. The highest BCUT2D eigenvalue weighted by molar-refractivity contribution is 9.13. The van der Waals surface area contributed by atoms with E-state index in [1.54, 1.807) is 6.08 Å². The maximum absolute atomic E-state index is 11.5. The van der Waals surface area contributed by atoms with Crippen molar-refractivity contribution >= 4 is 54.1 Å². The van der Waals surface area contributed by atoms with Crippen LogP contribution in [0.15, 0.2) is 9.89 Å². The van der Waals surface area contributed by atoms with Crippen LogP contribution in [0.2, 0.25) is 0 Å². The van der Waals surface area contributed by atoms with Crippen LogP contribution in [-0.2, 0) is 9.84 Å². The van der Waals surface area contributed by atoms with Crippen LogP contribution in [0, 0.1) is 0 Å². The van der Waals surface area contributed by atoms with Crippen LogP contribution in [0.5, 0.6) is 0 Å². The van der Waals surface area contributed by atoms with Crippen LogP contribution in [0.1, 0.15) is 13.8 Å². The van der Waals surface area contributed by atoms with Crippen molar-refractivity contribution in [1.82, 2.24) is 4.90 Å². The van der Waals surface area contributed by atoms with E-state index in [-0.39, 0.29) is 11.0 Å². The Balaban J connectivity index is 2.62. The number of nitrogens with zero attached hydrogens (tertiary/aromatic N) is 1. The molecule has 1 aliphatic rings. The maximum Gasteiger partial charge on any atom is 0.186 e. The van der Waals surface area contributed by atoms with Crippen molar-refractivity contribution in [3.63, 3.8) is 0 Å². The van der Waals surface area contributed by atoms with Crippen LogP contribution in [-0.4, -0.2) is 41.7 Å². The molecule has 16 heavy (non-hydrogen) atoms. The maximum atomic E-state index is 11.5. The summed E-state index contributed by atoms with van der Waals surface area (Å²) in [6.45, 7) is 5.78. The highest BCUT2D eigenvalue weighted by Gasteiger charge is 2.30. The Morgan fingerprint density at radius 2 is 2.19 bits per heavy atom. The fourth-order valence-electron chi connectivity index (χ4n) is 1.35. The fraction of sp³-hybridized carbons (Fsp3) is 0.667. The first-order chi connectivity index (χ1) is 7.40. The average molecular weight is 344 g/mol. The predicted octanol–water partition coefficient (Wildman–Crippen LogP) is 2.38. The first kappa shape index (κ1) is 14.5. The molecule has 0 unspecified atom stereocenters. The van der Waals surface area contributed by atoms with Gasteiger partial charge in [-0.15, -0.1) is 0 Å². The zero-order valence-corrected chi connectivity index (χ0v) is 13.2. The Kier molecular flexibility index (Phi) is 5.28. The van der Waals surface area contributed by atoms with Gasteiger partial charge < -0.3 is 4.90 Å². The molecular weight excluding hydrogens is 330 g/mol. The van der Waals surface area contributed by atoms with Crippen molar-refractivity contribution in [2.75, 3.05) is 18.8 Å². The molecule has 1 rings (SSSR count). The molecule has 0 spiro atoms. The van der Waals surface area contributed by atoms with Crippen molar-refractivity contribution in [3.05, 3.63) is 9.89 Å². The Labute approximate surface area is 115 Å². The lowest BCUT2D eigenvalue weighted by Crippen LogP contribution is -2.28. The highest BCUT2D eigenvalue weighted by Crippen LogP contribution is 2.31. The summed E-state index contributed by atoms with van der Waals surface area (Å²) in [5, 5.41) is -0.0625. The molecule has 0 aliphatic carbocycles. The molecule has 0 amide bonds.